The van der Waals surface area contributed by atoms with Gasteiger partial charge in [-0.15, -0.1) is 0 Å². The summed E-state index contributed by atoms with van der Waals surface area (Å²) in [5, 5.41) is 1.76. The lowest BCUT2D eigenvalue weighted by Crippen LogP contribution is -2.03. The summed E-state index contributed by atoms with van der Waals surface area (Å²) in [6.07, 6.45) is 3.62. The molecule has 0 saturated carbocycles. The summed E-state index contributed by atoms with van der Waals surface area (Å²) in [7, 11) is 0. The molecule has 0 unspecified atom stereocenters. The maximum Gasteiger partial charge on any atom is 0.200 e. The molecule has 4 heterocycles. The van der Waals surface area contributed by atoms with E-state index in [1.165, 1.54) is 23.1 Å². The van der Waals surface area contributed by atoms with Crippen LogP contribution in [0, 0.1) is 0 Å². The Morgan fingerprint density at radius 1 is 0.818 bits per heavy atom. The number of nitrogens with zero attached hydrogens (tertiary/aromatic N) is 6. The van der Waals surface area contributed by atoms with Gasteiger partial charge in [-0.05, 0) is 60.1 Å². The predicted octanol–water partition coefficient (Wildman–Crippen LogP) is 4.86. The third kappa shape index (κ3) is 6.22. The van der Waals surface area contributed by atoms with E-state index in [9.17, 15) is 4.79 Å². The maximum absolute atomic E-state index is 12.2. The second kappa shape index (κ2) is 10.8. The average Bonchev–Trinajstić information content (AvgIpc) is 3.50. The van der Waals surface area contributed by atoms with Crippen LogP contribution in [0.4, 0.5) is 5.13 Å². The van der Waals surface area contributed by atoms with Gasteiger partial charge in [0.05, 0.1) is 6.42 Å². The summed E-state index contributed by atoms with van der Waals surface area (Å²) in [5.41, 5.74) is 7.51. The van der Waals surface area contributed by atoms with Gasteiger partial charge in [-0.25, -0.2) is 4.98 Å². The first kappa shape index (κ1) is 22.6. The molecule has 0 aliphatic heterocycles. The molecule has 0 saturated heterocycles. The van der Waals surface area contributed by atoms with E-state index in [0.717, 1.165) is 5.69 Å². The minimum Gasteiger partial charge on any atom is -0.374 e. The smallest absolute Gasteiger partial charge is 0.200 e. The van der Waals surface area contributed by atoms with Crippen LogP contribution in [0.25, 0.3) is 23.0 Å². The highest BCUT2D eigenvalue weighted by atomic mass is 35.5. The van der Waals surface area contributed by atoms with Crippen LogP contribution in [-0.4, -0.2) is 34.5 Å². The Hall–Kier alpha value is -3.60. The maximum atomic E-state index is 12.2. The van der Waals surface area contributed by atoms with E-state index in [1.54, 1.807) is 36.7 Å². The Balaban J connectivity index is 0.000000183. The summed E-state index contributed by atoms with van der Waals surface area (Å²) in [5.74, 6) is 1.15. The lowest BCUT2D eigenvalue weighted by atomic mass is 10.1. The number of halogens is 1. The van der Waals surface area contributed by atoms with E-state index >= 15 is 0 Å². The molecule has 4 aromatic heterocycles. The van der Waals surface area contributed by atoms with E-state index in [-0.39, 0.29) is 12.2 Å². The predicted molar refractivity (Wildman–Crippen MR) is 130 cm³/mol. The van der Waals surface area contributed by atoms with Gasteiger partial charge in [-0.1, -0.05) is 23.7 Å². The average molecular weight is 494 g/mol. The van der Waals surface area contributed by atoms with Crippen LogP contribution in [0.2, 0.25) is 5.02 Å². The van der Waals surface area contributed by atoms with Crippen LogP contribution in [0.15, 0.2) is 73.1 Å². The second-order valence-corrected chi connectivity index (χ2v) is 8.56. The number of ketones is 1. The van der Waals surface area contributed by atoms with Gasteiger partial charge in [0.15, 0.2) is 22.6 Å². The topological polar surface area (TPSA) is 120 Å². The van der Waals surface area contributed by atoms with Crippen molar-refractivity contribution >= 4 is 45.6 Å². The highest BCUT2D eigenvalue weighted by molar-refractivity contribution is 7.09. The molecular formula is C22H16ClN7OS2. The van der Waals surface area contributed by atoms with Gasteiger partial charge in [-0.2, -0.15) is 13.7 Å². The fraction of sp³-hybridized carbons (Fsp3) is 0.0455. The van der Waals surface area contributed by atoms with Gasteiger partial charge in [0.25, 0.3) is 0 Å². The van der Waals surface area contributed by atoms with Crippen LogP contribution in [0.1, 0.15) is 15.4 Å². The summed E-state index contributed by atoms with van der Waals surface area (Å²) in [6.45, 7) is 0. The molecule has 164 valence electrons. The summed E-state index contributed by atoms with van der Waals surface area (Å²) in [6, 6.07) is 18.0. The van der Waals surface area contributed by atoms with Gasteiger partial charge in [-0.3, -0.25) is 14.8 Å². The minimum absolute atomic E-state index is 0.00427. The quantitative estimate of drug-likeness (QED) is 0.344. The molecule has 0 fully saturated rings. The number of hydrogen-bond acceptors (Lipinski definition) is 10. The molecule has 0 spiro atoms. The number of hydrogen-bond donors (Lipinski definition) is 1. The van der Waals surface area contributed by atoms with E-state index in [1.807, 2.05) is 36.4 Å². The van der Waals surface area contributed by atoms with Crippen molar-refractivity contribution in [3.63, 3.8) is 0 Å². The van der Waals surface area contributed by atoms with E-state index < -0.39 is 0 Å². The number of nitrogens with two attached hydrogens (primary N) is 1. The second-order valence-electron chi connectivity index (χ2n) is 6.50. The van der Waals surface area contributed by atoms with Gasteiger partial charge in [0.2, 0.25) is 0 Å². The molecule has 5 rings (SSSR count). The lowest BCUT2D eigenvalue weighted by molar-refractivity contribution is 0.0993. The van der Waals surface area contributed by atoms with Gasteiger partial charge in [0, 0.05) is 34.5 Å². The Morgan fingerprint density at radius 2 is 1.42 bits per heavy atom. The molecule has 0 bridgehead atoms. The number of carbonyl (C=O) groups is 1. The fourth-order valence-corrected chi connectivity index (χ4v) is 3.85. The van der Waals surface area contributed by atoms with Crippen LogP contribution in [0.3, 0.4) is 0 Å². The molecule has 33 heavy (non-hydrogen) atoms. The number of aromatic nitrogens is 6. The summed E-state index contributed by atoms with van der Waals surface area (Å²) in [4.78, 5) is 28.8. The molecule has 8 nitrogen and oxygen atoms in total. The highest BCUT2D eigenvalue weighted by Gasteiger charge is 2.12. The molecule has 0 amide bonds. The Bertz CT molecular complexity index is 1330. The van der Waals surface area contributed by atoms with Crippen molar-refractivity contribution in [1.82, 2.24) is 28.7 Å². The Labute approximate surface area is 202 Å². The Morgan fingerprint density at radius 3 is 1.97 bits per heavy atom. The molecule has 0 atom stereocenters. The molecule has 0 aliphatic rings. The standard InChI is InChI=1S/C15H10ClN3OS.C7H6N4S/c16-11-6-4-10(5-7-11)13(20)9-14-18-15(19-21-14)12-3-1-2-8-17-12;8-7-10-6(11-12-7)5-3-1-2-4-9-5/h1-8H,9H2;1-4H,(H2,8,10,11). The van der Waals surface area contributed by atoms with Gasteiger partial charge in [0.1, 0.15) is 16.4 Å². The molecule has 0 radical (unpaired) electrons. The minimum atomic E-state index is -0.00427. The molecule has 1 aromatic carbocycles. The van der Waals surface area contributed by atoms with Crippen molar-refractivity contribution in [1.29, 1.82) is 0 Å². The first-order chi connectivity index (χ1) is 16.1. The van der Waals surface area contributed by atoms with Crippen LogP contribution in [0.5, 0.6) is 0 Å². The van der Waals surface area contributed by atoms with E-state index in [0.29, 0.717) is 38.1 Å². The fourth-order valence-electron chi connectivity index (χ4n) is 2.64. The van der Waals surface area contributed by atoms with Crippen LogP contribution in [-0.2, 0) is 6.42 Å². The number of Topliss-reactive ketones (excluding diaryl/α,β-unsaturated/α-hetero) is 1. The van der Waals surface area contributed by atoms with Crippen molar-refractivity contribution < 1.29 is 4.79 Å². The van der Waals surface area contributed by atoms with Crippen molar-refractivity contribution in [2.75, 3.05) is 5.73 Å². The van der Waals surface area contributed by atoms with Crippen molar-refractivity contribution in [3.05, 3.63) is 88.7 Å². The Kier molecular flexibility index (Phi) is 7.40. The first-order valence-electron chi connectivity index (χ1n) is 9.62. The lowest BCUT2D eigenvalue weighted by Gasteiger charge is -1.98. The molecule has 0 aliphatic carbocycles. The van der Waals surface area contributed by atoms with Crippen molar-refractivity contribution in [3.8, 4) is 23.0 Å². The largest absolute Gasteiger partial charge is 0.374 e. The molecule has 11 heteroatoms. The van der Waals surface area contributed by atoms with Crippen molar-refractivity contribution in [2.24, 2.45) is 0 Å². The zero-order valence-corrected chi connectivity index (χ0v) is 19.4. The monoisotopic (exact) mass is 493 g/mol. The van der Waals surface area contributed by atoms with Crippen molar-refractivity contribution in [2.45, 2.75) is 6.42 Å². The normalized spacial score (nSPS) is 10.3. The number of carbonyl (C=O) groups excluding carboxylic acids is 1. The van der Waals surface area contributed by atoms with Gasteiger partial charge >= 0.3 is 0 Å². The number of rotatable bonds is 5. The summed E-state index contributed by atoms with van der Waals surface area (Å²) >= 11 is 8.21. The third-order valence-electron chi connectivity index (χ3n) is 4.18. The zero-order valence-electron chi connectivity index (χ0n) is 17.0. The van der Waals surface area contributed by atoms with Gasteiger partial charge < -0.3 is 5.73 Å². The number of benzene rings is 1. The van der Waals surface area contributed by atoms with Crippen LogP contribution >= 0.6 is 34.7 Å². The highest BCUT2D eigenvalue weighted by Crippen LogP contribution is 2.18. The third-order valence-corrected chi connectivity index (χ3v) is 5.68. The number of pyridine rings is 2. The first-order valence-corrected chi connectivity index (χ1v) is 11.5. The molecule has 2 N–H and O–H groups in total. The zero-order chi connectivity index (χ0) is 23.0. The van der Waals surface area contributed by atoms with E-state index in [4.69, 9.17) is 17.3 Å². The van der Waals surface area contributed by atoms with E-state index in [2.05, 4.69) is 28.7 Å². The molecule has 5 aromatic rings. The number of nitrogen functional groups attached to an aromatic ring is 1. The molecular weight excluding hydrogens is 478 g/mol. The number of anilines is 1. The summed E-state index contributed by atoms with van der Waals surface area (Å²) < 4.78 is 8.27. The van der Waals surface area contributed by atoms with Crippen LogP contribution < -0.4 is 5.73 Å². The SMILES string of the molecule is Nc1nc(-c2ccccn2)ns1.O=C(Cc1nc(-c2ccccn2)ns1)c1ccc(Cl)cc1.